The highest BCUT2D eigenvalue weighted by molar-refractivity contribution is 7.89. The Labute approximate surface area is 255 Å². The molecule has 4 rings (SSSR count). The van der Waals surface area contributed by atoms with E-state index in [9.17, 15) is 26.4 Å². The molecule has 1 N–H and O–H groups in total. The molecule has 246 valence electrons. The summed E-state index contributed by atoms with van der Waals surface area (Å²) in [5.41, 5.74) is 1.49. The molecule has 0 bridgehead atoms. The number of aliphatic carboxylic acids is 1. The molecule has 1 aliphatic carbocycles. The largest absolute Gasteiger partial charge is 0.497 e. The van der Waals surface area contributed by atoms with Crippen LogP contribution in [0.4, 0.5) is 13.2 Å². The summed E-state index contributed by atoms with van der Waals surface area (Å²) in [5, 5.41) is 7.12. The van der Waals surface area contributed by atoms with Crippen molar-refractivity contribution in [3.8, 4) is 5.75 Å². The van der Waals surface area contributed by atoms with Gasteiger partial charge in [-0.1, -0.05) is 0 Å². The van der Waals surface area contributed by atoms with Crippen LogP contribution < -0.4 is 4.74 Å². The Balaban J connectivity index is 0.000000676. The van der Waals surface area contributed by atoms with Crippen molar-refractivity contribution in [1.82, 2.24) is 24.0 Å². The Morgan fingerprint density at radius 2 is 1.68 bits per heavy atom. The number of carbonyl (C=O) groups excluding carboxylic acids is 1. The van der Waals surface area contributed by atoms with Crippen LogP contribution in [0.25, 0.3) is 0 Å². The van der Waals surface area contributed by atoms with Crippen LogP contribution in [-0.4, -0.2) is 122 Å². The maximum Gasteiger partial charge on any atom is 0.490 e. The van der Waals surface area contributed by atoms with Crippen LogP contribution in [0.2, 0.25) is 0 Å². The molecule has 0 spiro atoms. The number of methoxy groups -OCH3 is 1. The zero-order valence-electron chi connectivity index (χ0n) is 25.6. The topological polar surface area (TPSA) is 137 Å². The fourth-order valence-electron chi connectivity index (χ4n) is 4.89. The zero-order chi connectivity index (χ0) is 32.8. The van der Waals surface area contributed by atoms with Gasteiger partial charge in [0.25, 0.3) is 5.91 Å². The van der Waals surface area contributed by atoms with E-state index < -0.39 is 22.2 Å². The molecule has 1 aromatic carbocycles. The Hall–Kier alpha value is -3.21. The number of sulfonamides is 1. The lowest BCUT2D eigenvalue weighted by Crippen LogP contribution is -2.49. The van der Waals surface area contributed by atoms with Gasteiger partial charge >= 0.3 is 12.1 Å². The first-order valence-electron chi connectivity index (χ1n) is 14.1. The Bertz CT molecular complexity index is 1380. The van der Waals surface area contributed by atoms with Crippen LogP contribution in [-0.2, 0) is 21.4 Å². The summed E-state index contributed by atoms with van der Waals surface area (Å²) in [7, 11) is 1.91. The van der Waals surface area contributed by atoms with Crippen molar-refractivity contribution in [2.75, 3.05) is 60.5 Å². The molecular formula is C28H40F3N5O7S. The monoisotopic (exact) mass is 647 g/mol. The second kappa shape index (κ2) is 14.7. The van der Waals surface area contributed by atoms with E-state index in [4.69, 9.17) is 19.1 Å². The third-order valence-electron chi connectivity index (χ3n) is 7.23. The number of piperazine rings is 1. The van der Waals surface area contributed by atoms with Crippen molar-refractivity contribution >= 4 is 21.9 Å². The van der Waals surface area contributed by atoms with E-state index >= 15 is 0 Å². The number of hydrogen-bond acceptors (Lipinski definition) is 9. The number of nitrogens with zero attached hydrogens (tertiary/aromatic N) is 5. The second-order valence-electron chi connectivity index (χ2n) is 11.1. The molecule has 1 amide bonds. The molecule has 1 saturated heterocycles. The lowest BCUT2D eigenvalue weighted by molar-refractivity contribution is -0.192. The van der Waals surface area contributed by atoms with Crippen LogP contribution in [0.15, 0.2) is 27.7 Å². The third-order valence-corrected chi connectivity index (χ3v) is 9.44. The van der Waals surface area contributed by atoms with Crippen molar-refractivity contribution in [1.29, 1.82) is 0 Å². The minimum Gasteiger partial charge on any atom is -0.497 e. The molecular weight excluding hydrogens is 607 g/mol. The molecule has 1 saturated carbocycles. The summed E-state index contributed by atoms with van der Waals surface area (Å²) in [6.07, 6.45) is -1.05. The number of ether oxygens (including phenoxy) is 1. The number of aryl methyl sites for hydroxylation is 2. The molecule has 12 nitrogen and oxygen atoms in total. The van der Waals surface area contributed by atoms with E-state index in [0.717, 1.165) is 45.4 Å². The number of halogens is 3. The highest BCUT2D eigenvalue weighted by atomic mass is 32.2. The van der Waals surface area contributed by atoms with Gasteiger partial charge in [-0.3, -0.25) is 9.69 Å². The summed E-state index contributed by atoms with van der Waals surface area (Å²) in [5.74, 6) is -2.08. The molecule has 0 atom stereocenters. The molecule has 2 fully saturated rings. The number of rotatable bonds is 11. The number of alkyl halides is 3. The second-order valence-corrected chi connectivity index (χ2v) is 12.9. The third kappa shape index (κ3) is 9.39. The predicted molar refractivity (Wildman–Crippen MR) is 154 cm³/mol. The maximum atomic E-state index is 13.7. The van der Waals surface area contributed by atoms with Gasteiger partial charge in [0.05, 0.1) is 18.6 Å². The molecule has 44 heavy (non-hydrogen) atoms. The van der Waals surface area contributed by atoms with E-state index in [2.05, 4.69) is 28.9 Å². The Kier molecular flexibility index (Phi) is 11.8. The summed E-state index contributed by atoms with van der Waals surface area (Å²) in [6.45, 7) is 8.55. The van der Waals surface area contributed by atoms with E-state index in [-0.39, 0.29) is 35.0 Å². The molecule has 2 heterocycles. The lowest BCUT2D eigenvalue weighted by Gasteiger charge is -2.34. The Morgan fingerprint density at radius 1 is 1.11 bits per heavy atom. The minimum absolute atomic E-state index is 0.00909. The van der Waals surface area contributed by atoms with Gasteiger partial charge in [-0.25, -0.2) is 18.2 Å². The van der Waals surface area contributed by atoms with Gasteiger partial charge in [0.15, 0.2) is 5.69 Å². The normalized spacial score (nSPS) is 16.2. The summed E-state index contributed by atoms with van der Waals surface area (Å²) in [6, 6.07) is 3.36. The Morgan fingerprint density at radius 3 is 2.16 bits per heavy atom. The minimum atomic E-state index is -5.08. The van der Waals surface area contributed by atoms with E-state index in [1.165, 1.54) is 10.6 Å². The lowest BCUT2D eigenvalue weighted by atomic mass is 10.1. The zero-order valence-corrected chi connectivity index (χ0v) is 26.4. The van der Waals surface area contributed by atoms with Crippen molar-refractivity contribution < 1.29 is 45.4 Å². The van der Waals surface area contributed by atoms with E-state index in [0.29, 0.717) is 30.0 Å². The molecule has 1 aromatic heterocycles. The fraction of sp³-hybridized carbons (Fsp3) is 0.607. The van der Waals surface area contributed by atoms with Gasteiger partial charge in [0.1, 0.15) is 12.0 Å². The number of hydrogen-bond donors (Lipinski definition) is 1. The van der Waals surface area contributed by atoms with Crippen LogP contribution in [0.3, 0.4) is 0 Å². The number of carboxylic acids is 1. The first-order chi connectivity index (χ1) is 20.5. The molecule has 0 radical (unpaired) electrons. The van der Waals surface area contributed by atoms with E-state index in [1.807, 2.05) is 0 Å². The SMILES string of the molecule is COc1cc(C)c(S(=O)(=O)N(Cc2nc(C(=O)N3CCN(CCCN(C)C)CC3)co2)C2CC2)c(C)c1.O=C(O)C(F)(F)F. The fourth-order valence-corrected chi connectivity index (χ4v) is 6.94. The first-order valence-corrected chi connectivity index (χ1v) is 15.6. The van der Waals surface area contributed by atoms with Crippen LogP contribution >= 0.6 is 0 Å². The number of aromatic nitrogens is 1. The molecule has 16 heteroatoms. The van der Waals surface area contributed by atoms with Gasteiger partial charge < -0.3 is 24.1 Å². The summed E-state index contributed by atoms with van der Waals surface area (Å²) < 4.78 is 71.5. The predicted octanol–water partition coefficient (Wildman–Crippen LogP) is 3.00. The van der Waals surface area contributed by atoms with Crippen molar-refractivity contribution in [2.45, 2.75) is 56.8 Å². The average Bonchev–Trinajstić information content (AvgIpc) is 3.67. The first kappa shape index (κ1) is 35.3. The molecule has 0 unspecified atom stereocenters. The molecule has 1 aliphatic heterocycles. The van der Waals surface area contributed by atoms with Crippen molar-refractivity contribution in [3.05, 3.63) is 41.1 Å². The number of carboxylic acid groups (broad SMARTS) is 1. The summed E-state index contributed by atoms with van der Waals surface area (Å²) in [4.78, 5) is 33.0. The quantitative estimate of drug-likeness (QED) is 0.388. The highest BCUT2D eigenvalue weighted by Crippen LogP contribution is 2.36. The van der Waals surface area contributed by atoms with E-state index in [1.54, 1.807) is 38.0 Å². The summed E-state index contributed by atoms with van der Waals surface area (Å²) >= 11 is 0. The standard InChI is InChI=1S/C26H39N5O5S.C2HF3O2/c1-19-15-22(35-5)16-20(2)25(19)37(33,34)31(21-7-8-21)17-24-27-23(18-36-24)26(32)30-13-11-29(12-14-30)10-6-9-28(3)4;3-2(4,5)1(6)7/h15-16,18,21H,6-14,17H2,1-5H3;(H,6,7). The number of oxazole rings is 1. The molecule has 2 aromatic rings. The van der Waals surface area contributed by atoms with Crippen LogP contribution in [0.5, 0.6) is 5.75 Å². The van der Waals surface area contributed by atoms with Gasteiger partial charge in [0, 0.05) is 32.2 Å². The number of amides is 1. The van der Waals surface area contributed by atoms with Gasteiger partial charge in [-0.05, 0) is 83.6 Å². The van der Waals surface area contributed by atoms with Crippen LogP contribution in [0, 0.1) is 13.8 Å². The maximum absolute atomic E-state index is 13.7. The van der Waals surface area contributed by atoms with Gasteiger partial charge in [0.2, 0.25) is 15.9 Å². The average molecular weight is 648 g/mol. The highest BCUT2D eigenvalue weighted by Gasteiger charge is 2.41. The smallest absolute Gasteiger partial charge is 0.490 e. The van der Waals surface area contributed by atoms with Gasteiger partial charge in [-0.2, -0.15) is 17.5 Å². The molecule has 2 aliphatic rings. The van der Waals surface area contributed by atoms with Crippen molar-refractivity contribution in [3.63, 3.8) is 0 Å². The number of benzene rings is 1. The van der Waals surface area contributed by atoms with Crippen molar-refractivity contribution in [2.24, 2.45) is 0 Å². The number of carbonyl (C=O) groups is 2. The van der Waals surface area contributed by atoms with Crippen LogP contribution in [0.1, 0.15) is 46.8 Å². The van der Waals surface area contributed by atoms with Gasteiger partial charge in [-0.15, -0.1) is 0 Å².